The van der Waals surface area contributed by atoms with E-state index in [2.05, 4.69) is 18.9 Å². The molecule has 0 aliphatic heterocycles. The Labute approximate surface area is 160 Å². The van der Waals surface area contributed by atoms with Crippen LogP contribution in [0.15, 0.2) is 60.7 Å². The first kappa shape index (κ1) is 18.8. The van der Waals surface area contributed by atoms with Crippen molar-refractivity contribution < 1.29 is 4.79 Å². The summed E-state index contributed by atoms with van der Waals surface area (Å²) in [6.45, 7) is 5.92. The Hall–Kier alpha value is -2.95. The summed E-state index contributed by atoms with van der Waals surface area (Å²) in [7, 11) is 0. The van der Waals surface area contributed by atoms with Crippen molar-refractivity contribution in [2.75, 3.05) is 13.1 Å². The third-order valence-corrected chi connectivity index (χ3v) is 4.36. The highest BCUT2D eigenvalue weighted by Gasteiger charge is 2.18. The Balaban J connectivity index is 1.95. The molecule has 0 saturated carbocycles. The van der Waals surface area contributed by atoms with E-state index < -0.39 is 0 Å². The number of amides is 1. The van der Waals surface area contributed by atoms with E-state index in [-0.39, 0.29) is 12.5 Å². The Morgan fingerprint density at radius 3 is 2.00 bits per heavy atom. The Morgan fingerprint density at radius 1 is 0.889 bits per heavy atom. The van der Waals surface area contributed by atoms with Crippen LogP contribution >= 0.6 is 0 Å². The normalized spacial score (nSPS) is 10.7. The molecule has 0 N–H and O–H groups in total. The van der Waals surface area contributed by atoms with Gasteiger partial charge in [-0.05, 0) is 12.8 Å². The van der Waals surface area contributed by atoms with E-state index in [0.717, 1.165) is 42.9 Å². The predicted octanol–water partition coefficient (Wildman–Crippen LogP) is 4.26. The van der Waals surface area contributed by atoms with Crippen molar-refractivity contribution >= 4 is 5.91 Å². The molecular formula is C22H26N4O. The van der Waals surface area contributed by atoms with Crippen molar-refractivity contribution in [2.24, 2.45) is 0 Å². The van der Waals surface area contributed by atoms with Gasteiger partial charge in [-0.25, -0.2) is 9.67 Å². The zero-order chi connectivity index (χ0) is 19.1. The first-order valence-electron chi connectivity index (χ1n) is 9.56. The smallest absolute Gasteiger partial charge is 0.244 e. The fourth-order valence-electron chi connectivity index (χ4n) is 3.09. The van der Waals surface area contributed by atoms with Gasteiger partial charge >= 0.3 is 0 Å². The maximum absolute atomic E-state index is 12.9. The molecule has 1 amide bonds. The minimum Gasteiger partial charge on any atom is -0.341 e. The standard InChI is InChI=1S/C22H26N4O/c1-3-15-25(16-4-2)20(27)17-26-22(19-13-9-6-10-14-19)23-21(24-26)18-11-7-5-8-12-18/h5-14H,3-4,15-17H2,1-2H3. The first-order chi connectivity index (χ1) is 13.2. The molecule has 0 bridgehead atoms. The number of aromatic nitrogens is 3. The van der Waals surface area contributed by atoms with Gasteiger partial charge in [0.05, 0.1) is 0 Å². The highest BCUT2D eigenvalue weighted by molar-refractivity contribution is 5.77. The van der Waals surface area contributed by atoms with E-state index in [1.165, 1.54) is 0 Å². The molecule has 0 fully saturated rings. The predicted molar refractivity (Wildman–Crippen MR) is 108 cm³/mol. The van der Waals surface area contributed by atoms with Gasteiger partial charge in [0, 0.05) is 24.2 Å². The summed E-state index contributed by atoms with van der Waals surface area (Å²) in [6.07, 6.45) is 1.90. The van der Waals surface area contributed by atoms with Crippen molar-refractivity contribution in [2.45, 2.75) is 33.2 Å². The van der Waals surface area contributed by atoms with Gasteiger partial charge in [-0.1, -0.05) is 74.5 Å². The van der Waals surface area contributed by atoms with E-state index in [1.54, 1.807) is 4.68 Å². The highest BCUT2D eigenvalue weighted by Crippen LogP contribution is 2.22. The van der Waals surface area contributed by atoms with E-state index in [0.29, 0.717) is 5.82 Å². The van der Waals surface area contributed by atoms with Gasteiger partial charge in [-0.3, -0.25) is 4.79 Å². The molecule has 0 radical (unpaired) electrons. The number of nitrogens with zero attached hydrogens (tertiary/aromatic N) is 4. The lowest BCUT2D eigenvalue weighted by Gasteiger charge is -2.21. The number of hydrogen-bond donors (Lipinski definition) is 0. The summed E-state index contributed by atoms with van der Waals surface area (Å²) in [5, 5.41) is 4.66. The molecule has 2 aromatic carbocycles. The van der Waals surface area contributed by atoms with Crippen LogP contribution in [0, 0.1) is 0 Å². The van der Waals surface area contributed by atoms with Gasteiger partial charge in [0.2, 0.25) is 5.91 Å². The lowest BCUT2D eigenvalue weighted by molar-refractivity contribution is -0.132. The maximum Gasteiger partial charge on any atom is 0.244 e. The van der Waals surface area contributed by atoms with Crippen LogP contribution in [0.3, 0.4) is 0 Å². The molecule has 0 aliphatic rings. The van der Waals surface area contributed by atoms with Crippen LogP contribution in [-0.4, -0.2) is 38.7 Å². The Morgan fingerprint density at radius 2 is 1.44 bits per heavy atom. The van der Waals surface area contributed by atoms with Crippen LogP contribution in [0.5, 0.6) is 0 Å². The average molecular weight is 362 g/mol. The monoisotopic (exact) mass is 362 g/mol. The van der Waals surface area contributed by atoms with E-state index in [9.17, 15) is 4.79 Å². The zero-order valence-electron chi connectivity index (χ0n) is 16.0. The van der Waals surface area contributed by atoms with Crippen molar-refractivity contribution in [3.8, 4) is 22.8 Å². The second-order valence-electron chi connectivity index (χ2n) is 6.53. The summed E-state index contributed by atoms with van der Waals surface area (Å²) in [5.74, 6) is 1.44. The molecule has 27 heavy (non-hydrogen) atoms. The summed E-state index contributed by atoms with van der Waals surface area (Å²) in [5.41, 5.74) is 1.90. The van der Waals surface area contributed by atoms with E-state index >= 15 is 0 Å². The van der Waals surface area contributed by atoms with E-state index in [4.69, 9.17) is 4.98 Å². The molecule has 5 heteroatoms. The SMILES string of the molecule is CCCN(CCC)C(=O)Cn1nc(-c2ccccc2)nc1-c1ccccc1. The third kappa shape index (κ3) is 4.61. The molecule has 1 aromatic heterocycles. The molecule has 5 nitrogen and oxygen atoms in total. The number of benzene rings is 2. The van der Waals surface area contributed by atoms with Crippen LogP contribution in [-0.2, 0) is 11.3 Å². The third-order valence-electron chi connectivity index (χ3n) is 4.36. The molecule has 0 saturated heterocycles. The molecule has 1 heterocycles. The summed E-state index contributed by atoms with van der Waals surface area (Å²) in [6, 6.07) is 19.8. The molecular weight excluding hydrogens is 336 g/mol. The molecule has 0 unspecified atom stereocenters. The second kappa shape index (κ2) is 9.12. The number of carbonyl (C=O) groups is 1. The number of rotatable bonds is 8. The lowest BCUT2D eigenvalue weighted by atomic mass is 10.2. The van der Waals surface area contributed by atoms with Gasteiger partial charge in [0.15, 0.2) is 11.6 Å². The molecule has 3 rings (SSSR count). The van der Waals surface area contributed by atoms with E-state index in [1.807, 2.05) is 65.6 Å². The van der Waals surface area contributed by atoms with Gasteiger partial charge < -0.3 is 4.90 Å². The Bertz CT molecular complexity index is 853. The zero-order valence-corrected chi connectivity index (χ0v) is 16.0. The van der Waals surface area contributed by atoms with Gasteiger partial charge in [0.25, 0.3) is 0 Å². The molecule has 0 aliphatic carbocycles. The van der Waals surface area contributed by atoms with Crippen molar-refractivity contribution in [3.63, 3.8) is 0 Å². The van der Waals surface area contributed by atoms with Crippen LogP contribution in [0.25, 0.3) is 22.8 Å². The maximum atomic E-state index is 12.9. The van der Waals surface area contributed by atoms with Crippen LogP contribution < -0.4 is 0 Å². The average Bonchev–Trinajstić information content (AvgIpc) is 3.13. The number of hydrogen-bond acceptors (Lipinski definition) is 3. The minimum atomic E-state index is 0.0837. The molecule has 3 aromatic rings. The molecule has 0 spiro atoms. The Kier molecular flexibility index (Phi) is 6.36. The van der Waals surface area contributed by atoms with Crippen LogP contribution in [0.4, 0.5) is 0 Å². The number of carbonyl (C=O) groups excluding carboxylic acids is 1. The lowest BCUT2D eigenvalue weighted by Crippen LogP contribution is -2.35. The fraction of sp³-hybridized carbons (Fsp3) is 0.318. The van der Waals surface area contributed by atoms with Crippen molar-refractivity contribution in [1.82, 2.24) is 19.7 Å². The largest absolute Gasteiger partial charge is 0.341 e. The quantitative estimate of drug-likeness (QED) is 0.601. The highest BCUT2D eigenvalue weighted by atomic mass is 16.2. The first-order valence-corrected chi connectivity index (χ1v) is 9.56. The fourth-order valence-corrected chi connectivity index (χ4v) is 3.09. The van der Waals surface area contributed by atoms with Crippen LogP contribution in [0.1, 0.15) is 26.7 Å². The molecule has 0 atom stereocenters. The summed E-state index contributed by atoms with van der Waals surface area (Å²) < 4.78 is 1.73. The van der Waals surface area contributed by atoms with Gasteiger partial charge in [-0.15, -0.1) is 5.10 Å². The molecule has 140 valence electrons. The van der Waals surface area contributed by atoms with Crippen molar-refractivity contribution in [3.05, 3.63) is 60.7 Å². The summed E-state index contributed by atoms with van der Waals surface area (Å²) in [4.78, 5) is 19.5. The van der Waals surface area contributed by atoms with Gasteiger partial charge in [-0.2, -0.15) is 0 Å². The second-order valence-corrected chi connectivity index (χ2v) is 6.53. The topological polar surface area (TPSA) is 51.0 Å². The summed E-state index contributed by atoms with van der Waals surface area (Å²) >= 11 is 0. The minimum absolute atomic E-state index is 0.0837. The van der Waals surface area contributed by atoms with Crippen molar-refractivity contribution in [1.29, 1.82) is 0 Å². The van der Waals surface area contributed by atoms with Crippen LogP contribution in [0.2, 0.25) is 0 Å². The van der Waals surface area contributed by atoms with Gasteiger partial charge in [0.1, 0.15) is 6.54 Å².